The number of hydrogen-bond donors (Lipinski definition) is 2. The van der Waals surface area contributed by atoms with E-state index in [2.05, 4.69) is 25.9 Å². The molecule has 1 heterocycles. The van der Waals surface area contributed by atoms with E-state index in [9.17, 15) is 5.11 Å². The maximum Gasteiger partial charge on any atom is 0.0710 e. The monoisotopic (exact) mass is 225 g/mol. The Morgan fingerprint density at radius 1 is 1.38 bits per heavy atom. The second kappa shape index (κ2) is 4.18. The predicted octanol–water partition coefficient (Wildman–Crippen LogP) is 0.970. The van der Waals surface area contributed by atoms with Gasteiger partial charge in [-0.05, 0) is 18.9 Å². The smallest absolute Gasteiger partial charge is 0.0710 e. The third kappa shape index (κ3) is 3.06. The van der Waals surface area contributed by atoms with Crippen LogP contribution in [0.4, 0.5) is 0 Å². The molecule has 0 aromatic carbocycles. The number of nitrogens with two attached hydrogens (primary N) is 1. The van der Waals surface area contributed by atoms with Gasteiger partial charge in [-0.2, -0.15) is 5.10 Å². The fourth-order valence-electron chi connectivity index (χ4n) is 1.79. The lowest BCUT2D eigenvalue weighted by molar-refractivity contribution is 0.207. The zero-order valence-corrected chi connectivity index (χ0v) is 10.9. The van der Waals surface area contributed by atoms with Crippen LogP contribution < -0.4 is 5.73 Å². The molecule has 4 nitrogen and oxygen atoms in total. The SMILES string of the molecule is Cn1cc(CC(C)(N)CO)c(C(C)(C)C)n1. The zero-order chi connectivity index (χ0) is 12.6. The Hall–Kier alpha value is -0.870. The predicted molar refractivity (Wildman–Crippen MR) is 65.3 cm³/mol. The molecule has 0 amide bonds. The van der Waals surface area contributed by atoms with Gasteiger partial charge in [0.2, 0.25) is 0 Å². The second-order valence-corrected chi connectivity index (χ2v) is 5.92. The number of hydrogen-bond acceptors (Lipinski definition) is 3. The normalized spacial score (nSPS) is 16.2. The third-order valence-corrected chi connectivity index (χ3v) is 2.57. The van der Waals surface area contributed by atoms with Gasteiger partial charge in [0.15, 0.2) is 0 Å². The van der Waals surface area contributed by atoms with Crippen molar-refractivity contribution < 1.29 is 5.11 Å². The van der Waals surface area contributed by atoms with Gasteiger partial charge >= 0.3 is 0 Å². The van der Waals surface area contributed by atoms with Crippen molar-refractivity contribution in [1.29, 1.82) is 0 Å². The van der Waals surface area contributed by atoms with E-state index in [1.165, 1.54) is 0 Å². The molecule has 0 aliphatic rings. The van der Waals surface area contributed by atoms with Crippen LogP contribution in [0.1, 0.15) is 39.0 Å². The van der Waals surface area contributed by atoms with Gasteiger partial charge in [-0.15, -0.1) is 0 Å². The molecule has 0 bridgehead atoms. The van der Waals surface area contributed by atoms with Crippen LogP contribution in [0.25, 0.3) is 0 Å². The molecule has 0 aliphatic heterocycles. The fourth-order valence-corrected chi connectivity index (χ4v) is 1.79. The molecule has 0 saturated carbocycles. The fraction of sp³-hybridized carbons (Fsp3) is 0.750. The molecule has 1 atom stereocenters. The van der Waals surface area contributed by atoms with Gasteiger partial charge < -0.3 is 10.8 Å². The molecule has 0 radical (unpaired) electrons. The Morgan fingerprint density at radius 3 is 2.38 bits per heavy atom. The van der Waals surface area contributed by atoms with Crippen LogP contribution in [0, 0.1) is 0 Å². The minimum atomic E-state index is -0.580. The molecule has 4 heteroatoms. The van der Waals surface area contributed by atoms with Gasteiger partial charge in [0, 0.05) is 24.2 Å². The lowest BCUT2D eigenvalue weighted by Crippen LogP contribution is -2.42. The Bertz CT molecular complexity index is 361. The van der Waals surface area contributed by atoms with Crippen LogP contribution in [-0.2, 0) is 18.9 Å². The van der Waals surface area contributed by atoms with Crippen LogP contribution in [0.5, 0.6) is 0 Å². The number of nitrogens with zero attached hydrogens (tertiary/aromatic N) is 2. The summed E-state index contributed by atoms with van der Waals surface area (Å²) in [6.45, 7) is 8.22. The molecular weight excluding hydrogens is 202 g/mol. The van der Waals surface area contributed by atoms with Gasteiger partial charge in [-0.3, -0.25) is 4.68 Å². The van der Waals surface area contributed by atoms with Crippen molar-refractivity contribution in [2.75, 3.05) is 6.61 Å². The molecule has 1 unspecified atom stereocenters. The van der Waals surface area contributed by atoms with Crippen molar-refractivity contribution >= 4 is 0 Å². The summed E-state index contributed by atoms with van der Waals surface area (Å²) >= 11 is 0. The quantitative estimate of drug-likeness (QED) is 0.805. The standard InChI is InChI=1S/C12H23N3O/c1-11(2,3)10-9(7-15(5)14-10)6-12(4,13)8-16/h7,16H,6,8,13H2,1-5H3. The molecule has 0 aliphatic carbocycles. The molecule has 16 heavy (non-hydrogen) atoms. The highest BCUT2D eigenvalue weighted by molar-refractivity contribution is 5.26. The van der Waals surface area contributed by atoms with Gasteiger partial charge in [-0.1, -0.05) is 20.8 Å². The van der Waals surface area contributed by atoms with E-state index in [-0.39, 0.29) is 12.0 Å². The van der Waals surface area contributed by atoms with Crippen molar-refractivity contribution in [3.63, 3.8) is 0 Å². The topological polar surface area (TPSA) is 64.1 Å². The summed E-state index contributed by atoms with van der Waals surface area (Å²) in [5.41, 5.74) is 7.58. The third-order valence-electron chi connectivity index (χ3n) is 2.57. The molecule has 1 aromatic heterocycles. The highest BCUT2D eigenvalue weighted by Gasteiger charge is 2.26. The van der Waals surface area contributed by atoms with E-state index in [1.54, 1.807) is 0 Å². The van der Waals surface area contributed by atoms with E-state index in [4.69, 9.17) is 5.73 Å². The Morgan fingerprint density at radius 2 is 1.94 bits per heavy atom. The minimum Gasteiger partial charge on any atom is -0.394 e. The maximum atomic E-state index is 9.20. The summed E-state index contributed by atoms with van der Waals surface area (Å²) in [5.74, 6) is 0. The lowest BCUT2D eigenvalue weighted by Gasteiger charge is -2.24. The first kappa shape index (κ1) is 13.2. The van der Waals surface area contributed by atoms with Gasteiger partial charge in [0.05, 0.1) is 12.3 Å². The van der Waals surface area contributed by atoms with E-state index in [0.717, 1.165) is 11.3 Å². The van der Waals surface area contributed by atoms with E-state index in [0.29, 0.717) is 6.42 Å². The number of aliphatic hydroxyl groups is 1. The van der Waals surface area contributed by atoms with E-state index >= 15 is 0 Å². The zero-order valence-electron chi connectivity index (χ0n) is 10.9. The average Bonchev–Trinajstić information content (AvgIpc) is 2.45. The first-order chi connectivity index (χ1) is 7.15. The molecule has 1 aromatic rings. The highest BCUT2D eigenvalue weighted by Crippen LogP contribution is 2.26. The molecule has 92 valence electrons. The van der Waals surface area contributed by atoms with Gasteiger partial charge in [0.25, 0.3) is 0 Å². The summed E-state index contributed by atoms with van der Waals surface area (Å²) in [5, 5.41) is 13.7. The number of aliphatic hydroxyl groups excluding tert-OH is 1. The van der Waals surface area contributed by atoms with Crippen LogP contribution in [0.3, 0.4) is 0 Å². The van der Waals surface area contributed by atoms with Crippen molar-refractivity contribution in [2.45, 2.75) is 45.1 Å². The Kier molecular flexibility index (Phi) is 3.45. The van der Waals surface area contributed by atoms with Crippen LogP contribution in [0.15, 0.2) is 6.20 Å². The number of aromatic nitrogens is 2. The minimum absolute atomic E-state index is 0.00211. The van der Waals surface area contributed by atoms with Crippen LogP contribution in [-0.4, -0.2) is 27.0 Å². The molecule has 0 spiro atoms. The summed E-state index contributed by atoms with van der Waals surface area (Å²) in [6.07, 6.45) is 2.63. The van der Waals surface area contributed by atoms with Crippen molar-refractivity contribution in [2.24, 2.45) is 12.8 Å². The van der Waals surface area contributed by atoms with E-state index < -0.39 is 5.54 Å². The summed E-state index contributed by atoms with van der Waals surface area (Å²) in [7, 11) is 1.91. The van der Waals surface area contributed by atoms with Crippen molar-refractivity contribution in [1.82, 2.24) is 9.78 Å². The molecule has 1 rings (SSSR count). The lowest BCUT2D eigenvalue weighted by atomic mass is 9.85. The first-order valence-corrected chi connectivity index (χ1v) is 5.58. The molecule has 3 N–H and O–H groups in total. The summed E-state index contributed by atoms with van der Waals surface area (Å²) in [4.78, 5) is 0. The molecule has 0 fully saturated rings. The maximum absolute atomic E-state index is 9.20. The molecular formula is C12H23N3O. The van der Waals surface area contributed by atoms with Crippen molar-refractivity contribution in [3.05, 3.63) is 17.5 Å². The second-order valence-electron chi connectivity index (χ2n) is 5.92. The van der Waals surface area contributed by atoms with Gasteiger partial charge in [0.1, 0.15) is 0 Å². The van der Waals surface area contributed by atoms with Crippen LogP contribution >= 0.6 is 0 Å². The van der Waals surface area contributed by atoms with Gasteiger partial charge in [-0.25, -0.2) is 0 Å². The Balaban J connectivity index is 3.05. The molecule has 0 saturated heterocycles. The largest absolute Gasteiger partial charge is 0.394 e. The van der Waals surface area contributed by atoms with Crippen LogP contribution in [0.2, 0.25) is 0 Å². The summed E-state index contributed by atoms with van der Waals surface area (Å²) < 4.78 is 1.81. The highest BCUT2D eigenvalue weighted by atomic mass is 16.3. The van der Waals surface area contributed by atoms with Crippen molar-refractivity contribution in [3.8, 4) is 0 Å². The number of aryl methyl sites for hydroxylation is 1. The average molecular weight is 225 g/mol. The summed E-state index contributed by atoms with van der Waals surface area (Å²) in [6, 6.07) is 0. The number of rotatable bonds is 3. The first-order valence-electron chi connectivity index (χ1n) is 5.58. The van der Waals surface area contributed by atoms with E-state index in [1.807, 2.05) is 24.9 Å². The Labute approximate surface area is 97.5 Å².